The van der Waals surface area contributed by atoms with Crippen molar-refractivity contribution >= 4 is 11.9 Å². The molecule has 3 fully saturated rings. The summed E-state index contributed by atoms with van der Waals surface area (Å²) in [6.45, 7) is 2.10. The van der Waals surface area contributed by atoms with Crippen LogP contribution in [0.25, 0.3) is 0 Å². The molecule has 1 amide bonds. The van der Waals surface area contributed by atoms with Gasteiger partial charge in [-0.05, 0) is 38.0 Å². The van der Waals surface area contributed by atoms with E-state index < -0.39 is 5.97 Å². The maximum Gasteiger partial charge on any atom is 0.309 e. The molecule has 1 saturated carbocycles. The SMILES string of the molecule is O=C(O)C1CCO[C@H]1C1CCN(C(=O)C2CCCCCCC2)CC1. The Balaban J connectivity index is 1.50. The molecule has 0 aromatic rings. The maximum atomic E-state index is 12.8. The number of amides is 1. The van der Waals surface area contributed by atoms with Gasteiger partial charge in [-0.15, -0.1) is 0 Å². The second kappa shape index (κ2) is 8.32. The molecule has 1 unspecified atom stereocenters. The lowest BCUT2D eigenvalue weighted by atomic mass is 9.83. The van der Waals surface area contributed by atoms with Crippen LogP contribution in [0, 0.1) is 17.8 Å². The summed E-state index contributed by atoms with van der Waals surface area (Å²) in [5.74, 6) is -0.239. The summed E-state index contributed by atoms with van der Waals surface area (Å²) in [5.41, 5.74) is 0. The zero-order valence-corrected chi connectivity index (χ0v) is 14.6. The van der Waals surface area contributed by atoms with Crippen molar-refractivity contribution in [2.75, 3.05) is 19.7 Å². The highest BCUT2D eigenvalue weighted by atomic mass is 16.5. The Hall–Kier alpha value is -1.10. The molecule has 2 saturated heterocycles. The van der Waals surface area contributed by atoms with Crippen LogP contribution in [0.4, 0.5) is 0 Å². The molecule has 24 heavy (non-hydrogen) atoms. The molecule has 0 radical (unpaired) electrons. The predicted octanol–water partition coefficient (Wildman–Crippen LogP) is 3.08. The van der Waals surface area contributed by atoms with Crippen LogP contribution in [-0.4, -0.2) is 47.7 Å². The highest BCUT2D eigenvalue weighted by molar-refractivity contribution is 5.79. The predicted molar refractivity (Wildman–Crippen MR) is 90.6 cm³/mol. The number of carbonyl (C=O) groups excluding carboxylic acids is 1. The van der Waals surface area contributed by atoms with Crippen LogP contribution in [0.1, 0.15) is 64.2 Å². The van der Waals surface area contributed by atoms with Gasteiger partial charge in [-0.1, -0.05) is 32.1 Å². The van der Waals surface area contributed by atoms with Crippen LogP contribution in [0.5, 0.6) is 0 Å². The van der Waals surface area contributed by atoms with Gasteiger partial charge in [-0.3, -0.25) is 9.59 Å². The van der Waals surface area contributed by atoms with Crippen molar-refractivity contribution in [2.24, 2.45) is 17.8 Å². The van der Waals surface area contributed by atoms with Crippen molar-refractivity contribution in [1.29, 1.82) is 0 Å². The average molecular weight is 337 g/mol. The van der Waals surface area contributed by atoms with Gasteiger partial charge in [0.25, 0.3) is 0 Å². The first-order chi connectivity index (χ1) is 11.7. The van der Waals surface area contributed by atoms with Crippen molar-refractivity contribution in [3.05, 3.63) is 0 Å². The van der Waals surface area contributed by atoms with Gasteiger partial charge in [0.15, 0.2) is 0 Å². The Morgan fingerprint density at radius 2 is 1.50 bits per heavy atom. The van der Waals surface area contributed by atoms with Crippen LogP contribution < -0.4 is 0 Å². The zero-order chi connectivity index (χ0) is 16.9. The minimum Gasteiger partial charge on any atom is -0.481 e. The largest absolute Gasteiger partial charge is 0.481 e. The molecule has 0 aromatic heterocycles. The second-order valence-electron chi connectivity index (χ2n) is 7.77. The Morgan fingerprint density at radius 3 is 2.12 bits per heavy atom. The van der Waals surface area contributed by atoms with E-state index >= 15 is 0 Å². The Morgan fingerprint density at radius 1 is 0.875 bits per heavy atom. The van der Waals surface area contributed by atoms with E-state index in [-0.39, 0.29) is 23.9 Å². The lowest BCUT2D eigenvalue weighted by molar-refractivity contribution is -0.146. The van der Waals surface area contributed by atoms with Crippen molar-refractivity contribution in [3.63, 3.8) is 0 Å². The number of likely N-dealkylation sites (tertiary alicyclic amines) is 1. The number of hydrogen-bond donors (Lipinski definition) is 1. The summed E-state index contributed by atoms with van der Waals surface area (Å²) in [6.07, 6.45) is 10.5. The van der Waals surface area contributed by atoms with E-state index in [0.29, 0.717) is 18.9 Å². The summed E-state index contributed by atoms with van der Waals surface area (Å²) >= 11 is 0. The molecule has 2 aliphatic heterocycles. The van der Waals surface area contributed by atoms with Crippen LogP contribution in [0.3, 0.4) is 0 Å². The molecule has 2 atom stereocenters. The molecule has 3 aliphatic rings. The molecule has 3 rings (SSSR count). The third-order valence-electron chi connectivity index (χ3n) is 6.22. The Labute approximate surface area is 144 Å². The van der Waals surface area contributed by atoms with Crippen molar-refractivity contribution in [2.45, 2.75) is 70.3 Å². The topological polar surface area (TPSA) is 66.8 Å². The highest BCUT2D eigenvalue weighted by Crippen LogP contribution is 2.34. The highest BCUT2D eigenvalue weighted by Gasteiger charge is 2.41. The summed E-state index contributed by atoms with van der Waals surface area (Å²) in [7, 11) is 0. The van der Waals surface area contributed by atoms with E-state index in [1.165, 1.54) is 32.1 Å². The number of carboxylic acid groups (broad SMARTS) is 1. The maximum absolute atomic E-state index is 12.8. The lowest BCUT2D eigenvalue weighted by Crippen LogP contribution is -2.45. The third kappa shape index (κ3) is 4.11. The van der Waals surface area contributed by atoms with Crippen LogP contribution >= 0.6 is 0 Å². The fourth-order valence-electron chi connectivity index (χ4n) is 4.75. The number of piperidine rings is 1. The number of hydrogen-bond acceptors (Lipinski definition) is 3. The molecular formula is C19H31NO4. The van der Waals surface area contributed by atoms with Crippen LogP contribution in [0.15, 0.2) is 0 Å². The number of rotatable bonds is 3. The van der Waals surface area contributed by atoms with Gasteiger partial charge in [0.1, 0.15) is 0 Å². The summed E-state index contributed by atoms with van der Waals surface area (Å²) in [4.78, 5) is 26.2. The minimum atomic E-state index is -0.731. The smallest absolute Gasteiger partial charge is 0.309 e. The van der Waals surface area contributed by atoms with Gasteiger partial charge in [0, 0.05) is 25.6 Å². The second-order valence-corrected chi connectivity index (χ2v) is 7.77. The van der Waals surface area contributed by atoms with Crippen molar-refractivity contribution in [1.82, 2.24) is 4.90 Å². The molecule has 0 aromatic carbocycles. The molecule has 1 N–H and O–H groups in total. The Kier molecular flexibility index (Phi) is 6.14. The normalized spacial score (nSPS) is 30.8. The first-order valence-corrected chi connectivity index (χ1v) is 9.80. The molecule has 0 spiro atoms. The molecular weight excluding hydrogens is 306 g/mol. The summed E-state index contributed by atoms with van der Waals surface area (Å²) in [6, 6.07) is 0. The van der Waals surface area contributed by atoms with E-state index in [4.69, 9.17) is 4.74 Å². The molecule has 2 heterocycles. The summed E-state index contributed by atoms with van der Waals surface area (Å²) in [5, 5.41) is 9.33. The molecule has 5 heteroatoms. The number of ether oxygens (including phenoxy) is 1. The van der Waals surface area contributed by atoms with Gasteiger partial charge in [0.05, 0.1) is 12.0 Å². The van der Waals surface area contributed by atoms with Gasteiger partial charge in [0.2, 0.25) is 5.91 Å². The van der Waals surface area contributed by atoms with E-state index in [2.05, 4.69) is 0 Å². The minimum absolute atomic E-state index is 0.152. The zero-order valence-electron chi connectivity index (χ0n) is 14.6. The van der Waals surface area contributed by atoms with Gasteiger partial charge in [-0.2, -0.15) is 0 Å². The van der Waals surface area contributed by atoms with E-state index in [0.717, 1.165) is 38.8 Å². The number of carbonyl (C=O) groups is 2. The van der Waals surface area contributed by atoms with Gasteiger partial charge >= 0.3 is 5.97 Å². The number of carboxylic acids is 1. The molecule has 136 valence electrons. The van der Waals surface area contributed by atoms with Crippen molar-refractivity contribution < 1.29 is 19.4 Å². The quantitative estimate of drug-likeness (QED) is 0.859. The van der Waals surface area contributed by atoms with E-state index in [1.807, 2.05) is 4.90 Å². The number of nitrogens with zero attached hydrogens (tertiary/aromatic N) is 1. The molecule has 0 bridgehead atoms. The Bertz CT molecular complexity index is 437. The monoisotopic (exact) mass is 337 g/mol. The first kappa shape index (κ1) is 17.7. The van der Waals surface area contributed by atoms with Gasteiger partial charge < -0.3 is 14.7 Å². The number of aliphatic carboxylic acids is 1. The van der Waals surface area contributed by atoms with E-state index in [9.17, 15) is 14.7 Å². The lowest BCUT2D eigenvalue weighted by Gasteiger charge is -2.37. The third-order valence-corrected chi connectivity index (χ3v) is 6.22. The van der Waals surface area contributed by atoms with E-state index in [1.54, 1.807) is 0 Å². The standard InChI is InChI=1S/C19H31NO4/c21-18(15-6-4-2-1-3-5-7-15)20-11-8-14(9-12-20)17-16(19(22)23)10-13-24-17/h14-17H,1-13H2,(H,22,23)/t16?,17-/m0/s1. The van der Waals surface area contributed by atoms with Crippen molar-refractivity contribution in [3.8, 4) is 0 Å². The summed E-state index contributed by atoms with van der Waals surface area (Å²) < 4.78 is 5.72. The fraction of sp³-hybridized carbons (Fsp3) is 0.895. The molecule has 5 nitrogen and oxygen atoms in total. The molecule has 1 aliphatic carbocycles. The average Bonchev–Trinajstić information content (AvgIpc) is 3.04. The van der Waals surface area contributed by atoms with Crippen LogP contribution in [0.2, 0.25) is 0 Å². The first-order valence-electron chi connectivity index (χ1n) is 9.80. The van der Waals surface area contributed by atoms with Gasteiger partial charge in [-0.25, -0.2) is 0 Å². The van der Waals surface area contributed by atoms with Crippen LogP contribution in [-0.2, 0) is 14.3 Å². The fourth-order valence-corrected chi connectivity index (χ4v) is 4.75.